The first-order valence-corrected chi connectivity index (χ1v) is 12.5. The number of aromatic amines is 1. The summed E-state index contributed by atoms with van der Waals surface area (Å²) < 4.78 is 46.0. The zero-order valence-corrected chi connectivity index (χ0v) is 19.3. The van der Waals surface area contributed by atoms with Gasteiger partial charge in [0, 0.05) is 30.2 Å². The molecule has 1 aliphatic rings. The maximum atomic E-state index is 13.8. The van der Waals surface area contributed by atoms with Gasteiger partial charge in [-0.05, 0) is 68.1 Å². The van der Waals surface area contributed by atoms with Crippen LogP contribution in [0.3, 0.4) is 0 Å². The molecule has 7 nitrogen and oxygen atoms in total. The molecule has 0 spiro atoms. The topological polar surface area (TPSA) is 97.0 Å². The van der Waals surface area contributed by atoms with Crippen molar-refractivity contribution in [2.24, 2.45) is 0 Å². The van der Waals surface area contributed by atoms with Gasteiger partial charge in [0.1, 0.15) is 5.82 Å². The quantitative estimate of drug-likeness (QED) is 0.432. The van der Waals surface area contributed by atoms with Gasteiger partial charge in [-0.2, -0.15) is 5.10 Å². The van der Waals surface area contributed by atoms with E-state index in [1.165, 1.54) is 12.1 Å². The Labute approximate surface area is 191 Å². The van der Waals surface area contributed by atoms with E-state index in [1.807, 2.05) is 13.0 Å². The highest BCUT2D eigenvalue weighted by Gasteiger charge is 2.42. The molecule has 1 aliphatic heterocycles. The summed E-state index contributed by atoms with van der Waals surface area (Å²) in [5.41, 5.74) is 2.77. The second-order valence-corrected chi connectivity index (χ2v) is 11.1. The Bertz CT molecular complexity index is 1460. The van der Waals surface area contributed by atoms with Crippen molar-refractivity contribution >= 4 is 43.1 Å². The largest absolute Gasteiger partial charge is 0.381 e. The molecule has 9 heteroatoms. The van der Waals surface area contributed by atoms with Crippen LogP contribution in [-0.4, -0.2) is 41.6 Å². The number of nitrogens with one attached hydrogen (secondary N) is 2. The van der Waals surface area contributed by atoms with Crippen molar-refractivity contribution in [3.8, 4) is 0 Å². The molecule has 0 atom stereocenters. The molecule has 1 fully saturated rings. The van der Waals surface area contributed by atoms with Crippen molar-refractivity contribution in [2.75, 3.05) is 18.5 Å². The molecule has 0 amide bonds. The second kappa shape index (κ2) is 8.07. The monoisotopic (exact) mass is 468 g/mol. The molecule has 1 saturated heterocycles. The number of H-pyrrole nitrogens is 1. The van der Waals surface area contributed by atoms with E-state index in [0.717, 1.165) is 5.56 Å². The predicted molar refractivity (Wildman–Crippen MR) is 126 cm³/mol. The number of hydrogen-bond acceptors (Lipinski definition) is 6. The molecule has 2 aromatic heterocycles. The molecule has 4 aromatic rings. The minimum Gasteiger partial charge on any atom is -0.381 e. The van der Waals surface area contributed by atoms with Crippen molar-refractivity contribution < 1.29 is 17.5 Å². The Morgan fingerprint density at radius 1 is 1.15 bits per heavy atom. The van der Waals surface area contributed by atoms with Crippen LogP contribution in [0.5, 0.6) is 0 Å². The number of nitrogens with zero attached hydrogens (tertiary/aromatic N) is 2. The number of halogens is 1. The van der Waals surface area contributed by atoms with E-state index in [0.29, 0.717) is 70.7 Å². The van der Waals surface area contributed by atoms with Crippen LogP contribution < -0.4 is 5.32 Å². The second-order valence-electron chi connectivity index (χ2n) is 8.64. The third kappa shape index (κ3) is 3.65. The van der Waals surface area contributed by atoms with Gasteiger partial charge in [0.25, 0.3) is 0 Å². The van der Waals surface area contributed by atoms with E-state index in [9.17, 15) is 12.8 Å². The summed E-state index contributed by atoms with van der Waals surface area (Å²) in [6, 6.07) is 9.72. The van der Waals surface area contributed by atoms with Gasteiger partial charge in [0.15, 0.2) is 15.7 Å². The molecule has 0 saturated carbocycles. The number of anilines is 2. The zero-order chi connectivity index (χ0) is 23.2. The Kier molecular flexibility index (Phi) is 5.33. The smallest absolute Gasteiger partial charge is 0.184 e. The lowest BCUT2D eigenvalue weighted by atomic mass is 10.0. The Morgan fingerprint density at radius 3 is 2.70 bits per heavy atom. The summed E-state index contributed by atoms with van der Waals surface area (Å²) in [6.45, 7) is 4.62. The molecule has 2 N–H and O–H groups in total. The van der Waals surface area contributed by atoms with Crippen molar-refractivity contribution in [1.29, 1.82) is 0 Å². The summed E-state index contributed by atoms with van der Waals surface area (Å²) in [5.74, 6) is 0.0922. The Hall–Kier alpha value is -3.04. The van der Waals surface area contributed by atoms with Gasteiger partial charge in [-0.25, -0.2) is 12.8 Å². The van der Waals surface area contributed by atoms with Crippen LogP contribution in [0.25, 0.3) is 21.8 Å². The molecule has 0 bridgehead atoms. The molecule has 0 radical (unpaired) electrons. The molecule has 5 rings (SSSR count). The number of hydrogen-bond donors (Lipinski definition) is 2. The fraction of sp³-hybridized carbons (Fsp3) is 0.333. The highest BCUT2D eigenvalue weighted by Crippen LogP contribution is 2.39. The number of aromatic nitrogens is 3. The first kappa shape index (κ1) is 21.8. The molecule has 0 aliphatic carbocycles. The van der Waals surface area contributed by atoms with Crippen LogP contribution in [0.4, 0.5) is 15.9 Å². The third-order valence-electron chi connectivity index (χ3n) is 6.57. The molecule has 3 heterocycles. The lowest BCUT2D eigenvalue weighted by Crippen LogP contribution is -2.41. The summed E-state index contributed by atoms with van der Waals surface area (Å²) in [7, 11) is -3.62. The first-order chi connectivity index (χ1) is 15.8. The number of benzene rings is 2. The van der Waals surface area contributed by atoms with Crippen LogP contribution in [-0.2, 0) is 21.0 Å². The molecular formula is C24H25FN4O3S. The Morgan fingerprint density at radius 2 is 1.94 bits per heavy atom. The first-order valence-electron chi connectivity index (χ1n) is 11.0. The van der Waals surface area contributed by atoms with E-state index in [-0.39, 0.29) is 5.82 Å². The van der Waals surface area contributed by atoms with E-state index in [2.05, 4.69) is 20.5 Å². The highest BCUT2D eigenvalue weighted by atomic mass is 32.2. The average molecular weight is 469 g/mol. The number of pyridine rings is 1. The standard InChI is InChI=1S/C24H25FN4O3S/c1-3-15-12-21-17(14-22(15)33(30,31)24(2)7-10-32-11-8-24)19(6-9-26-21)27-23-18-13-16(25)4-5-20(18)28-29-23/h4-6,9,12-14H,3,7-8,10-11H2,1-2H3,(H2,26,27,28,29). The Balaban J connectivity index is 1.65. The van der Waals surface area contributed by atoms with E-state index >= 15 is 0 Å². The SMILES string of the molecule is CCc1cc2nccc(Nc3n[nH]c4ccc(F)cc34)c2cc1S(=O)(=O)C1(C)CCOCC1. The number of rotatable bonds is 5. The van der Waals surface area contributed by atoms with Crippen LogP contribution in [0.15, 0.2) is 47.5 Å². The van der Waals surface area contributed by atoms with Gasteiger partial charge in [0.05, 0.1) is 26.4 Å². The van der Waals surface area contributed by atoms with E-state index < -0.39 is 14.6 Å². The van der Waals surface area contributed by atoms with Gasteiger partial charge < -0.3 is 10.1 Å². The van der Waals surface area contributed by atoms with E-state index in [1.54, 1.807) is 31.3 Å². The number of aryl methyl sites for hydroxylation is 1. The summed E-state index contributed by atoms with van der Waals surface area (Å²) >= 11 is 0. The molecule has 2 aromatic carbocycles. The van der Waals surface area contributed by atoms with Crippen molar-refractivity contribution in [3.05, 3.63) is 54.0 Å². The lowest BCUT2D eigenvalue weighted by molar-refractivity contribution is 0.0789. The minimum absolute atomic E-state index is 0.330. The van der Waals surface area contributed by atoms with Gasteiger partial charge in [-0.15, -0.1) is 0 Å². The number of ether oxygens (including phenoxy) is 1. The maximum absolute atomic E-state index is 13.8. The zero-order valence-electron chi connectivity index (χ0n) is 18.5. The van der Waals surface area contributed by atoms with Crippen LogP contribution in [0.2, 0.25) is 0 Å². The predicted octanol–water partition coefficient (Wildman–Crippen LogP) is 4.90. The van der Waals surface area contributed by atoms with Gasteiger partial charge in [-0.1, -0.05) is 6.92 Å². The fourth-order valence-corrected chi connectivity index (χ4v) is 6.45. The molecule has 33 heavy (non-hydrogen) atoms. The maximum Gasteiger partial charge on any atom is 0.184 e. The summed E-state index contributed by atoms with van der Waals surface area (Å²) in [6.07, 6.45) is 3.15. The number of sulfone groups is 1. The summed E-state index contributed by atoms with van der Waals surface area (Å²) in [5, 5.41) is 11.7. The highest BCUT2D eigenvalue weighted by molar-refractivity contribution is 7.92. The molecule has 172 valence electrons. The van der Waals surface area contributed by atoms with Gasteiger partial charge >= 0.3 is 0 Å². The normalized spacial score (nSPS) is 16.3. The fourth-order valence-electron chi connectivity index (χ4n) is 4.40. The van der Waals surface area contributed by atoms with Crippen molar-refractivity contribution in [3.63, 3.8) is 0 Å². The van der Waals surface area contributed by atoms with Crippen LogP contribution in [0.1, 0.15) is 32.3 Å². The van der Waals surface area contributed by atoms with Gasteiger partial charge in [-0.3, -0.25) is 10.1 Å². The van der Waals surface area contributed by atoms with Crippen molar-refractivity contribution in [2.45, 2.75) is 42.8 Å². The summed E-state index contributed by atoms with van der Waals surface area (Å²) in [4.78, 5) is 4.80. The van der Waals surface area contributed by atoms with Crippen LogP contribution in [0, 0.1) is 5.82 Å². The average Bonchev–Trinajstić information content (AvgIpc) is 3.20. The lowest BCUT2D eigenvalue weighted by Gasteiger charge is -2.33. The molecular weight excluding hydrogens is 443 g/mol. The van der Waals surface area contributed by atoms with Crippen LogP contribution >= 0.6 is 0 Å². The van der Waals surface area contributed by atoms with Gasteiger partial charge in [0.2, 0.25) is 0 Å². The van der Waals surface area contributed by atoms with E-state index in [4.69, 9.17) is 4.74 Å². The number of fused-ring (bicyclic) bond motifs is 2. The van der Waals surface area contributed by atoms with Crippen molar-refractivity contribution in [1.82, 2.24) is 15.2 Å². The molecule has 0 unspecified atom stereocenters. The minimum atomic E-state index is -3.62. The third-order valence-corrected chi connectivity index (χ3v) is 9.24.